The van der Waals surface area contributed by atoms with E-state index in [9.17, 15) is 4.79 Å². The Bertz CT molecular complexity index is 773. The summed E-state index contributed by atoms with van der Waals surface area (Å²) in [5.74, 6) is 0.972. The lowest BCUT2D eigenvalue weighted by Crippen LogP contribution is -2.47. The van der Waals surface area contributed by atoms with Gasteiger partial charge in [0.05, 0.1) is 19.7 Å². The minimum atomic E-state index is -0.166. The molecule has 1 saturated heterocycles. The van der Waals surface area contributed by atoms with Crippen LogP contribution in [0.15, 0.2) is 67.0 Å². The van der Waals surface area contributed by atoms with E-state index in [1.807, 2.05) is 72.0 Å². The normalized spacial score (nSPS) is 22.2. The first kappa shape index (κ1) is 15.7. The summed E-state index contributed by atoms with van der Waals surface area (Å²) in [7, 11) is 1.66. The van der Waals surface area contributed by atoms with Crippen molar-refractivity contribution in [2.75, 3.05) is 7.11 Å². The van der Waals surface area contributed by atoms with Gasteiger partial charge < -0.3 is 14.6 Å². The van der Waals surface area contributed by atoms with Crippen molar-refractivity contribution < 1.29 is 9.53 Å². The lowest BCUT2D eigenvalue weighted by atomic mass is 10.0. The van der Waals surface area contributed by atoms with Gasteiger partial charge in [-0.15, -0.1) is 0 Å². The van der Waals surface area contributed by atoms with Gasteiger partial charge in [0, 0.05) is 12.4 Å². The summed E-state index contributed by atoms with van der Waals surface area (Å²) in [6, 6.07) is 18.0. The molecule has 128 valence electrons. The summed E-state index contributed by atoms with van der Waals surface area (Å²) in [6.07, 6.45) is 4.56. The van der Waals surface area contributed by atoms with Gasteiger partial charge in [-0.05, 0) is 29.7 Å². The summed E-state index contributed by atoms with van der Waals surface area (Å²) >= 11 is 0. The lowest BCUT2D eigenvalue weighted by Gasteiger charge is -2.31. The maximum Gasteiger partial charge on any atom is 0.251 e. The number of nitrogens with zero attached hydrogens (tertiary/aromatic N) is 2. The molecular formula is C20H21N3O2. The second kappa shape index (κ2) is 6.61. The van der Waals surface area contributed by atoms with Crippen molar-refractivity contribution in [3.63, 3.8) is 0 Å². The number of fused-ring (bicyclic) bond motifs is 1. The van der Waals surface area contributed by atoms with Crippen molar-refractivity contribution in [2.45, 2.75) is 25.0 Å². The van der Waals surface area contributed by atoms with Crippen molar-refractivity contribution in [3.8, 4) is 5.75 Å². The standard InChI is InChI=1S/C20H21N3O2/c1-25-17-9-7-16(8-10-17)18-13-19-20(24)22(11-12-23(19)21-18)14-15-5-3-2-4-6-15/h2-12,18-19,21H,13-14H2,1H3. The zero-order valence-corrected chi connectivity index (χ0v) is 14.1. The molecule has 5 heteroatoms. The molecule has 0 spiro atoms. The highest BCUT2D eigenvalue weighted by Crippen LogP contribution is 2.31. The van der Waals surface area contributed by atoms with Crippen molar-refractivity contribution in [1.82, 2.24) is 15.3 Å². The number of carbonyl (C=O) groups excluding carboxylic acids is 1. The Hall–Kier alpha value is -2.79. The van der Waals surface area contributed by atoms with Gasteiger partial charge in [-0.1, -0.05) is 42.5 Å². The van der Waals surface area contributed by atoms with Gasteiger partial charge in [-0.25, -0.2) is 5.43 Å². The average molecular weight is 335 g/mol. The van der Waals surface area contributed by atoms with Crippen LogP contribution in [0.4, 0.5) is 0 Å². The van der Waals surface area contributed by atoms with E-state index in [0.29, 0.717) is 6.54 Å². The molecule has 2 heterocycles. The molecule has 25 heavy (non-hydrogen) atoms. The third-order valence-electron chi connectivity index (χ3n) is 4.79. The van der Waals surface area contributed by atoms with Crippen LogP contribution in [0.2, 0.25) is 0 Å². The monoisotopic (exact) mass is 335 g/mol. The molecular weight excluding hydrogens is 314 g/mol. The third kappa shape index (κ3) is 3.10. The number of ether oxygens (including phenoxy) is 1. The maximum absolute atomic E-state index is 12.9. The SMILES string of the molecule is COc1ccc(C2CC3C(=O)N(Cc4ccccc4)C=CN3N2)cc1. The first-order chi connectivity index (χ1) is 12.2. The van der Waals surface area contributed by atoms with Gasteiger partial charge in [0.25, 0.3) is 5.91 Å². The molecule has 2 aliphatic rings. The lowest BCUT2D eigenvalue weighted by molar-refractivity contribution is -0.134. The van der Waals surface area contributed by atoms with E-state index >= 15 is 0 Å². The fourth-order valence-corrected chi connectivity index (χ4v) is 3.40. The van der Waals surface area contributed by atoms with Gasteiger partial charge in [0.2, 0.25) is 0 Å². The molecule has 1 N–H and O–H groups in total. The van der Waals surface area contributed by atoms with Crippen LogP contribution in [0, 0.1) is 0 Å². The number of benzene rings is 2. The van der Waals surface area contributed by atoms with E-state index in [1.165, 1.54) is 0 Å². The largest absolute Gasteiger partial charge is 0.497 e. The number of nitrogens with one attached hydrogen (secondary N) is 1. The summed E-state index contributed by atoms with van der Waals surface area (Å²) in [5.41, 5.74) is 5.71. The highest BCUT2D eigenvalue weighted by Gasteiger charge is 2.39. The average Bonchev–Trinajstić information content (AvgIpc) is 3.10. The summed E-state index contributed by atoms with van der Waals surface area (Å²) < 4.78 is 5.21. The fourth-order valence-electron chi connectivity index (χ4n) is 3.40. The number of rotatable bonds is 4. The Labute approximate surface area is 147 Å². The summed E-state index contributed by atoms with van der Waals surface area (Å²) in [6.45, 7) is 0.605. The van der Waals surface area contributed by atoms with Crippen LogP contribution in [-0.2, 0) is 11.3 Å². The Morgan fingerprint density at radius 1 is 1.08 bits per heavy atom. The maximum atomic E-state index is 12.9. The van der Waals surface area contributed by atoms with Gasteiger partial charge in [-0.3, -0.25) is 4.79 Å². The quantitative estimate of drug-likeness (QED) is 0.933. The number of hydrogen-bond acceptors (Lipinski definition) is 4. The van der Waals surface area contributed by atoms with E-state index in [4.69, 9.17) is 4.74 Å². The van der Waals surface area contributed by atoms with Crippen LogP contribution in [0.3, 0.4) is 0 Å². The van der Waals surface area contributed by atoms with Crippen LogP contribution in [0.25, 0.3) is 0 Å². The highest BCUT2D eigenvalue weighted by molar-refractivity contribution is 5.84. The molecule has 2 atom stereocenters. The van der Waals surface area contributed by atoms with Crippen molar-refractivity contribution in [2.24, 2.45) is 0 Å². The van der Waals surface area contributed by atoms with Gasteiger partial charge in [0.15, 0.2) is 0 Å². The fraction of sp³-hybridized carbons (Fsp3) is 0.250. The highest BCUT2D eigenvalue weighted by atomic mass is 16.5. The molecule has 2 unspecified atom stereocenters. The number of hydrazine groups is 1. The van der Waals surface area contributed by atoms with Crippen LogP contribution < -0.4 is 10.2 Å². The van der Waals surface area contributed by atoms with E-state index < -0.39 is 0 Å². The zero-order valence-electron chi connectivity index (χ0n) is 14.1. The molecule has 0 radical (unpaired) electrons. The van der Waals surface area contributed by atoms with Crippen molar-refractivity contribution in [1.29, 1.82) is 0 Å². The molecule has 0 aliphatic carbocycles. The predicted octanol–water partition coefficient (Wildman–Crippen LogP) is 2.83. The molecule has 0 saturated carbocycles. The summed E-state index contributed by atoms with van der Waals surface area (Å²) in [5, 5.41) is 1.93. The van der Waals surface area contributed by atoms with Crippen LogP contribution >= 0.6 is 0 Å². The van der Waals surface area contributed by atoms with Crippen LogP contribution in [-0.4, -0.2) is 29.0 Å². The van der Waals surface area contributed by atoms with E-state index in [1.54, 1.807) is 12.0 Å². The Kier molecular flexibility index (Phi) is 4.15. The van der Waals surface area contributed by atoms with Gasteiger partial charge in [-0.2, -0.15) is 0 Å². The first-order valence-electron chi connectivity index (χ1n) is 8.46. The van der Waals surface area contributed by atoms with E-state index in [-0.39, 0.29) is 18.0 Å². The van der Waals surface area contributed by atoms with Gasteiger partial charge >= 0.3 is 0 Å². The summed E-state index contributed by atoms with van der Waals surface area (Å²) in [4.78, 5) is 14.7. The minimum absolute atomic E-state index is 0.126. The smallest absolute Gasteiger partial charge is 0.251 e. The van der Waals surface area contributed by atoms with Crippen LogP contribution in [0.1, 0.15) is 23.6 Å². The second-order valence-corrected chi connectivity index (χ2v) is 6.36. The minimum Gasteiger partial charge on any atom is -0.497 e. The molecule has 1 amide bonds. The second-order valence-electron chi connectivity index (χ2n) is 6.36. The molecule has 0 aromatic heterocycles. The zero-order chi connectivity index (χ0) is 17.2. The molecule has 1 fully saturated rings. The molecule has 4 rings (SSSR count). The number of hydrogen-bond donors (Lipinski definition) is 1. The predicted molar refractivity (Wildman–Crippen MR) is 95.2 cm³/mol. The van der Waals surface area contributed by atoms with Crippen molar-refractivity contribution in [3.05, 3.63) is 78.1 Å². The molecule has 2 aromatic rings. The Balaban J connectivity index is 1.47. The van der Waals surface area contributed by atoms with Crippen LogP contribution in [0.5, 0.6) is 5.75 Å². The van der Waals surface area contributed by atoms with E-state index in [0.717, 1.165) is 23.3 Å². The number of amides is 1. The molecule has 2 aliphatic heterocycles. The Morgan fingerprint density at radius 2 is 1.84 bits per heavy atom. The van der Waals surface area contributed by atoms with E-state index in [2.05, 4.69) is 5.43 Å². The topological polar surface area (TPSA) is 44.8 Å². The molecule has 5 nitrogen and oxygen atoms in total. The third-order valence-corrected chi connectivity index (χ3v) is 4.79. The van der Waals surface area contributed by atoms with Gasteiger partial charge in [0.1, 0.15) is 11.8 Å². The number of methoxy groups -OCH3 is 1. The van der Waals surface area contributed by atoms with Crippen molar-refractivity contribution >= 4 is 5.91 Å². The first-order valence-corrected chi connectivity index (χ1v) is 8.46. The number of carbonyl (C=O) groups is 1. The molecule has 2 aromatic carbocycles. The Morgan fingerprint density at radius 3 is 2.56 bits per heavy atom. The molecule has 0 bridgehead atoms.